The Morgan fingerprint density at radius 2 is 1.75 bits per heavy atom. The molecule has 0 aliphatic carbocycles. The van der Waals surface area contributed by atoms with Gasteiger partial charge in [0.2, 0.25) is 0 Å². The van der Waals surface area contributed by atoms with E-state index in [-0.39, 0.29) is 54.2 Å². The number of allylic oxidation sites excluding steroid dienone is 1. The van der Waals surface area contributed by atoms with Gasteiger partial charge in [0.15, 0.2) is 12.4 Å². The third-order valence-electron chi connectivity index (χ3n) is 9.92. The van der Waals surface area contributed by atoms with Crippen LogP contribution in [-0.2, 0) is 18.4 Å². The minimum Gasteiger partial charge on any atom is -0.484 e. The van der Waals surface area contributed by atoms with Crippen molar-refractivity contribution in [3.8, 4) is 16.9 Å². The van der Waals surface area contributed by atoms with Gasteiger partial charge in [-0.15, -0.1) is 0 Å². The highest BCUT2D eigenvalue weighted by Gasteiger charge is 2.24. The Morgan fingerprint density at radius 1 is 1.00 bits per heavy atom. The standard InChI is InChI=1S/C42H46IN9O5/c1-25(2)50(6)40(54)30-12-8-11-29(21-30)34-23-52(42(56)37-32(34)17-18-44-37)19-9-10-27-20-33-36(45-22-27)39(48-51(7)41(33)55)46-26(3)38(49(4)5)28-13-15-31(16-14-28)57-24-35(53)47-43/h8-18,20-23,25-26,38,44H,19,24H2,1-7H3,(H,46,48)(H,47,53)/b10-9+/t26-,38?/m1/s1. The third kappa shape index (κ3) is 8.94. The van der Waals surface area contributed by atoms with Crippen LogP contribution in [0.15, 0.2) is 94.9 Å². The number of nitrogens with one attached hydrogen (secondary N) is 3. The zero-order chi connectivity index (χ0) is 41.0. The number of pyridine rings is 2. The molecule has 0 saturated heterocycles. The van der Waals surface area contributed by atoms with Gasteiger partial charge in [-0.1, -0.05) is 36.4 Å². The molecule has 15 heteroatoms. The van der Waals surface area contributed by atoms with Crippen molar-refractivity contribution in [3.05, 3.63) is 123 Å². The van der Waals surface area contributed by atoms with E-state index in [0.29, 0.717) is 39.1 Å². The van der Waals surface area contributed by atoms with E-state index < -0.39 is 0 Å². The van der Waals surface area contributed by atoms with Gasteiger partial charge in [-0.3, -0.25) is 27.7 Å². The van der Waals surface area contributed by atoms with Crippen LogP contribution in [0.2, 0.25) is 0 Å². The fraction of sp³-hybridized carbons (Fsp3) is 0.286. The summed E-state index contributed by atoms with van der Waals surface area (Å²) in [6.45, 7) is 6.15. The van der Waals surface area contributed by atoms with Crippen LogP contribution in [0.4, 0.5) is 5.82 Å². The second-order valence-corrected chi connectivity index (χ2v) is 15.0. The molecule has 0 saturated carbocycles. The number of aromatic nitrogens is 5. The van der Waals surface area contributed by atoms with Crippen LogP contribution in [0.3, 0.4) is 0 Å². The number of anilines is 1. The molecule has 4 aromatic heterocycles. The smallest absolute Gasteiger partial charge is 0.276 e. The number of likely N-dealkylation sites (N-methyl/N-ethyl adjacent to an activating group) is 1. The molecule has 3 N–H and O–H groups in total. The average molecular weight is 884 g/mol. The molecule has 0 aliphatic heterocycles. The van der Waals surface area contributed by atoms with Crippen molar-refractivity contribution in [1.82, 2.24) is 37.6 Å². The van der Waals surface area contributed by atoms with Crippen molar-refractivity contribution >= 4 is 68.4 Å². The molecule has 4 heterocycles. The topological polar surface area (TPSA) is 159 Å². The molecule has 2 atom stereocenters. The van der Waals surface area contributed by atoms with E-state index in [1.807, 2.05) is 102 Å². The highest BCUT2D eigenvalue weighted by Crippen LogP contribution is 2.29. The molecule has 6 rings (SSSR count). The first-order chi connectivity index (χ1) is 27.3. The summed E-state index contributed by atoms with van der Waals surface area (Å²) in [7, 11) is 7.36. The van der Waals surface area contributed by atoms with Gasteiger partial charge in [0.05, 0.1) is 34.3 Å². The third-order valence-corrected chi connectivity index (χ3v) is 10.5. The molecular formula is C42H46IN9O5. The SMILES string of the molecule is CC(C)N(C)C(=O)c1cccc(-c2cn(C/C=C/c3cnc4c(N[C@H](C)C(c5ccc(OCC(=O)NI)cc5)N(C)C)nn(C)c(=O)c4c3)c(=O)c3[nH]ccc23)c1. The average Bonchev–Trinajstić information content (AvgIpc) is 3.70. The number of carbonyl (C=O) groups is 2. The Bertz CT molecular complexity index is 2580. The fourth-order valence-electron chi connectivity index (χ4n) is 6.83. The van der Waals surface area contributed by atoms with Crippen molar-refractivity contribution < 1.29 is 14.3 Å². The summed E-state index contributed by atoms with van der Waals surface area (Å²) in [5.41, 5.74) is 4.34. The zero-order valence-electron chi connectivity index (χ0n) is 32.9. The lowest BCUT2D eigenvalue weighted by atomic mass is 9.99. The number of aromatic amines is 1. The van der Waals surface area contributed by atoms with Gasteiger partial charge >= 0.3 is 0 Å². The Morgan fingerprint density at radius 3 is 2.46 bits per heavy atom. The number of carbonyl (C=O) groups excluding carboxylic acids is 2. The highest BCUT2D eigenvalue weighted by molar-refractivity contribution is 14.1. The summed E-state index contributed by atoms with van der Waals surface area (Å²) in [4.78, 5) is 63.2. The zero-order valence-corrected chi connectivity index (χ0v) is 35.1. The van der Waals surface area contributed by atoms with Gasteiger partial charge in [-0.2, -0.15) is 5.10 Å². The first-order valence-electron chi connectivity index (χ1n) is 18.4. The number of amides is 2. The first-order valence-corrected chi connectivity index (χ1v) is 19.5. The maximum atomic E-state index is 13.5. The van der Waals surface area contributed by atoms with Crippen molar-refractivity contribution in [2.24, 2.45) is 7.05 Å². The van der Waals surface area contributed by atoms with E-state index >= 15 is 0 Å². The predicted octanol–water partition coefficient (Wildman–Crippen LogP) is 5.78. The van der Waals surface area contributed by atoms with Crippen LogP contribution in [0.1, 0.15) is 48.3 Å². The lowest BCUT2D eigenvalue weighted by Gasteiger charge is -2.31. The van der Waals surface area contributed by atoms with Crippen molar-refractivity contribution in [2.75, 3.05) is 33.1 Å². The number of benzene rings is 2. The van der Waals surface area contributed by atoms with Crippen LogP contribution >= 0.6 is 22.9 Å². The molecule has 0 fully saturated rings. The molecule has 2 amide bonds. The lowest BCUT2D eigenvalue weighted by molar-refractivity contribution is -0.120. The van der Waals surface area contributed by atoms with Crippen LogP contribution in [0.25, 0.3) is 39.0 Å². The maximum absolute atomic E-state index is 13.5. The summed E-state index contributed by atoms with van der Waals surface area (Å²) in [5.74, 6) is 0.747. The molecule has 296 valence electrons. The first kappa shape index (κ1) is 40.8. The van der Waals surface area contributed by atoms with Crippen LogP contribution in [0, 0.1) is 0 Å². The summed E-state index contributed by atoms with van der Waals surface area (Å²) >= 11 is 1.78. The predicted molar refractivity (Wildman–Crippen MR) is 233 cm³/mol. The van der Waals surface area contributed by atoms with Crippen LogP contribution in [-0.4, -0.2) is 85.8 Å². The number of nitrogens with zero attached hydrogens (tertiary/aromatic N) is 6. The second kappa shape index (κ2) is 17.5. The Labute approximate surface area is 344 Å². The quantitative estimate of drug-likeness (QED) is 0.0911. The number of hydrogen-bond donors (Lipinski definition) is 3. The summed E-state index contributed by atoms with van der Waals surface area (Å²) in [5, 5.41) is 9.20. The minimum absolute atomic E-state index is 0.0487. The van der Waals surface area contributed by atoms with Crippen molar-refractivity contribution in [3.63, 3.8) is 0 Å². The molecule has 0 bridgehead atoms. The molecule has 0 radical (unpaired) electrons. The number of ether oxygens (including phenoxy) is 1. The monoisotopic (exact) mass is 883 g/mol. The Balaban J connectivity index is 1.24. The molecular weight excluding hydrogens is 837 g/mol. The lowest BCUT2D eigenvalue weighted by Crippen LogP contribution is -2.35. The number of H-pyrrole nitrogens is 1. The Hall–Kier alpha value is -5.81. The number of fused-ring (bicyclic) bond motifs is 2. The van der Waals surface area contributed by atoms with E-state index in [1.54, 1.807) is 71.0 Å². The second-order valence-electron chi connectivity index (χ2n) is 14.4. The summed E-state index contributed by atoms with van der Waals surface area (Å²) in [6, 6.07) is 18.5. The minimum atomic E-state index is -0.291. The summed E-state index contributed by atoms with van der Waals surface area (Å²) in [6.07, 6.45) is 8.91. The van der Waals surface area contributed by atoms with E-state index in [1.165, 1.54) is 4.68 Å². The molecule has 6 aromatic rings. The van der Waals surface area contributed by atoms with Gasteiger partial charge in [0.1, 0.15) is 16.8 Å². The highest BCUT2D eigenvalue weighted by atomic mass is 127. The van der Waals surface area contributed by atoms with Gasteiger partial charge < -0.3 is 29.4 Å². The molecule has 57 heavy (non-hydrogen) atoms. The molecule has 1 unspecified atom stereocenters. The van der Waals surface area contributed by atoms with Gasteiger partial charge in [-0.25, -0.2) is 4.68 Å². The molecule has 0 spiro atoms. The largest absolute Gasteiger partial charge is 0.484 e. The van der Waals surface area contributed by atoms with E-state index in [9.17, 15) is 19.2 Å². The number of rotatable bonds is 14. The summed E-state index contributed by atoms with van der Waals surface area (Å²) < 4.78 is 11.0. The number of aryl methyl sites for hydroxylation is 1. The van der Waals surface area contributed by atoms with Crippen LogP contribution in [0.5, 0.6) is 5.75 Å². The van der Waals surface area contributed by atoms with Crippen molar-refractivity contribution in [1.29, 1.82) is 0 Å². The molecule has 2 aromatic carbocycles. The van der Waals surface area contributed by atoms with Crippen molar-refractivity contribution in [2.45, 2.75) is 45.4 Å². The number of hydrogen-bond acceptors (Lipinski definition) is 9. The van der Waals surface area contributed by atoms with Gasteiger partial charge in [-0.05, 0) is 88.0 Å². The van der Waals surface area contributed by atoms with Gasteiger partial charge in [0.25, 0.3) is 22.9 Å². The number of halogens is 1. The van der Waals surface area contributed by atoms with Crippen LogP contribution < -0.4 is 24.7 Å². The maximum Gasteiger partial charge on any atom is 0.276 e. The Kier molecular flexibility index (Phi) is 12.6. The van der Waals surface area contributed by atoms with E-state index in [2.05, 4.69) is 28.8 Å². The van der Waals surface area contributed by atoms with E-state index in [4.69, 9.17) is 4.74 Å². The molecule has 14 nitrogen and oxygen atoms in total. The van der Waals surface area contributed by atoms with E-state index in [0.717, 1.165) is 22.1 Å². The fourth-order valence-corrected chi connectivity index (χ4v) is 6.98. The van der Waals surface area contributed by atoms with Gasteiger partial charge in [0, 0.05) is 67.8 Å². The normalized spacial score (nSPS) is 12.7. The molecule has 0 aliphatic rings.